The summed E-state index contributed by atoms with van der Waals surface area (Å²) in [5.74, 6) is -0.0457. The van der Waals surface area contributed by atoms with Gasteiger partial charge in [0.25, 0.3) is 0 Å². The van der Waals surface area contributed by atoms with Crippen LogP contribution >= 0.6 is 0 Å². The maximum atomic E-state index is 11.6. The van der Waals surface area contributed by atoms with E-state index in [0.29, 0.717) is 13.1 Å². The SMILES string of the molecule is CC(CN)C(=O)NCC(C)(C)C(C)(C)C. The first-order chi connectivity index (χ1) is 6.62. The topological polar surface area (TPSA) is 55.1 Å². The first-order valence-corrected chi connectivity index (χ1v) is 5.59. The molecule has 3 nitrogen and oxygen atoms in total. The first-order valence-electron chi connectivity index (χ1n) is 5.59. The van der Waals surface area contributed by atoms with Crippen molar-refractivity contribution < 1.29 is 4.79 Å². The standard InChI is InChI=1S/C12H26N2O/c1-9(7-13)10(15)14-8-12(5,6)11(2,3)4/h9H,7-8,13H2,1-6H3,(H,14,15). The van der Waals surface area contributed by atoms with Crippen molar-refractivity contribution in [1.29, 1.82) is 0 Å². The van der Waals surface area contributed by atoms with E-state index in [9.17, 15) is 4.79 Å². The highest BCUT2D eigenvalue weighted by Crippen LogP contribution is 2.36. The zero-order valence-electron chi connectivity index (χ0n) is 11.0. The molecular weight excluding hydrogens is 188 g/mol. The molecule has 0 rings (SSSR count). The molecule has 3 N–H and O–H groups in total. The van der Waals surface area contributed by atoms with Crippen LogP contribution in [0.3, 0.4) is 0 Å². The third kappa shape index (κ3) is 4.20. The summed E-state index contributed by atoms with van der Waals surface area (Å²) in [6, 6.07) is 0. The highest BCUT2D eigenvalue weighted by Gasteiger charge is 2.33. The molecule has 3 heteroatoms. The van der Waals surface area contributed by atoms with Gasteiger partial charge in [-0.15, -0.1) is 0 Å². The van der Waals surface area contributed by atoms with Crippen molar-refractivity contribution >= 4 is 5.91 Å². The van der Waals surface area contributed by atoms with E-state index in [1.165, 1.54) is 0 Å². The van der Waals surface area contributed by atoms with Gasteiger partial charge in [-0.2, -0.15) is 0 Å². The Labute approximate surface area is 93.8 Å². The number of nitrogens with two attached hydrogens (primary N) is 1. The van der Waals surface area contributed by atoms with Crippen LogP contribution in [0.1, 0.15) is 41.5 Å². The molecule has 0 radical (unpaired) electrons. The van der Waals surface area contributed by atoms with Gasteiger partial charge in [0.2, 0.25) is 5.91 Å². The van der Waals surface area contributed by atoms with Crippen molar-refractivity contribution in [3.63, 3.8) is 0 Å². The molecule has 1 unspecified atom stereocenters. The van der Waals surface area contributed by atoms with Crippen molar-refractivity contribution in [2.45, 2.75) is 41.5 Å². The predicted octanol–water partition coefficient (Wildman–Crippen LogP) is 1.77. The summed E-state index contributed by atoms with van der Waals surface area (Å²) in [6.07, 6.45) is 0. The smallest absolute Gasteiger partial charge is 0.224 e. The van der Waals surface area contributed by atoms with Gasteiger partial charge in [0.05, 0.1) is 0 Å². The maximum absolute atomic E-state index is 11.6. The van der Waals surface area contributed by atoms with E-state index in [1.54, 1.807) is 0 Å². The van der Waals surface area contributed by atoms with Crippen LogP contribution in [0.2, 0.25) is 0 Å². The van der Waals surface area contributed by atoms with E-state index in [-0.39, 0.29) is 22.7 Å². The Kier molecular flexibility index (Phi) is 4.78. The van der Waals surface area contributed by atoms with Crippen LogP contribution in [-0.4, -0.2) is 19.0 Å². The predicted molar refractivity (Wildman–Crippen MR) is 64.5 cm³/mol. The lowest BCUT2D eigenvalue weighted by molar-refractivity contribution is -0.125. The first kappa shape index (κ1) is 14.4. The van der Waals surface area contributed by atoms with Gasteiger partial charge in [-0.25, -0.2) is 0 Å². The number of hydrogen-bond acceptors (Lipinski definition) is 2. The molecule has 0 saturated heterocycles. The summed E-state index contributed by atoms with van der Waals surface area (Å²) < 4.78 is 0. The Balaban J connectivity index is 4.22. The van der Waals surface area contributed by atoms with Crippen LogP contribution in [0.25, 0.3) is 0 Å². The Morgan fingerprint density at radius 3 is 2.07 bits per heavy atom. The fourth-order valence-electron chi connectivity index (χ4n) is 0.855. The molecule has 0 aromatic carbocycles. The van der Waals surface area contributed by atoms with Gasteiger partial charge in [0.15, 0.2) is 0 Å². The van der Waals surface area contributed by atoms with Crippen molar-refractivity contribution in [3.05, 3.63) is 0 Å². The fraction of sp³-hybridized carbons (Fsp3) is 0.917. The summed E-state index contributed by atoms with van der Waals surface area (Å²) >= 11 is 0. The van der Waals surface area contributed by atoms with Gasteiger partial charge in [0.1, 0.15) is 0 Å². The van der Waals surface area contributed by atoms with Gasteiger partial charge >= 0.3 is 0 Å². The van der Waals surface area contributed by atoms with Crippen LogP contribution in [0.4, 0.5) is 0 Å². The molecule has 0 aromatic heterocycles. The van der Waals surface area contributed by atoms with E-state index in [1.807, 2.05) is 6.92 Å². The average Bonchev–Trinajstić information content (AvgIpc) is 2.11. The molecule has 0 bridgehead atoms. The van der Waals surface area contributed by atoms with Crippen molar-refractivity contribution in [2.24, 2.45) is 22.5 Å². The minimum Gasteiger partial charge on any atom is -0.355 e. The van der Waals surface area contributed by atoms with E-state index in [4.69, 9.17) is 5.73 Å². The van der Waals surface area contributed by atoms with Gasteiger partial charge < -0.3 is 11.1 Å². The maximum Gasteiger partial charge on any atom is 0.224 e. The van der Waals surface area contributed by atoms with Gasteiger partial charge in [-0.05, 0) is 10.8 Å². The van der Waals surface area contributed by atoms with E-state index >= 15 is 0 Å². The highest BCUT2D eigenvalue weighted by atomic mass is 16.1. The molecule has 1 atom stereocenters. The summed E-state index contributed by atoms with van der Waals surface area (Å²) in [5, 5.41) is 2.96. The molecule has 0 aliphatic carbocycles. The quantitative estimate of drug-likeness (QED) is 0.749. The molecule has 0 aliphatic rings. The summed E-state index contributed by atoms with van der Waals surface area (Å²) in [7, 11) is 0. The lowest BCUT2D eigenvalue weighted by atomic mass is 9.69. The zero-order valence-corrected chi connectivity index (χ0v) is 11.0. The summed E-state index contributed by atoms with van der Waals surface area (Å²) in [4.78, 5) is 11.6. The Hall–Kier alpha value is -0.570. The van der Waals surface area contributed by atoms with Crippen molar-refractivity contribution in [1.82, 2.24) is 5.32 Å². The lowest BCUT2D eigenvalue weighted by Crippen LogP contribution is -2.44. The third-order valence-electron chi connectivity index (χ3n) is 3.54. The number of carbonyl (C=O) groups excluding carboxylic acids is 1. The van der Waals surface area contributed by atoms with Crippen LogP contribution in [0, 0.1) is 16.7 Å². The zero-order chi connectivity index (χ0) is 12.3. The molecule has 0 fully saturated rings. The van der Waals surface area contributed by atoms with Crippen LogP contribution in [0.5, 0.6) is 0 Å². The molecule has 1 amide bonds. The van der Waals surface area contributed by atoms with Crippen LogP contribution in [-0.2, 0) is 4.79 Å². The number of carbonyl (C=O) groups is 1. The van der Waals surface area contributed by atoms with Crippen molar-refractivity contribution in [3.8, 4) is 0 Å². The van der Waals surface area contributed by atoms with E-state index in [2.05, 4.69) is 39.9 Å². The lowest BCUT2D eigenvalue weighted by Gasteiger charge is -2.39. The summed E-state index contributed by atoms with van der Waals surface area (Å²) in [5.41, 5.74) is 5.69. The fourth-order valence-corrected chi connectivity index (χ4v) is 0.855. The number of hydrogen-bond donors (Lipinski definition) is 2. The van der Waals surface area contributed by atoms with E-state index < -0.39 is 0 Å². The minimum absolute atomic E-state index is 0.0508. The Bertz CT molecular complexity index is 216. The second-order valence-electron chi connectivity index (χ2n) is 5.99. The van der Waals surface area contributed by atoms with Gasteiger partial charge in [-0.1, -0.05) is 41.5 Å². The second kappa shape index (κ2) is 4.97. The molecule has 0 heterocycles. The van der Waals surface area contributed by atoms with Crippen LogP contribution in [0.15, 0.2) is 0 Å². The van der Waals surface area contributed by atoms with E-state index in [0.717, 1.165) is 0 Å². The largest absolute Gasteiger partial charge is 0.355 e. The van der Waals surface area contributed by atoms with Crippen LogP contribution < -0.4 is 11.1 Å². The minimum atomic E-state index is -0.0965. The Morgan fingerprint density at radius 2 is 1.73 bits per heavy atom. The molecule has 90 valence electrons. The van der Waals surface area contributed by atoms with Gasteiger partial charge in [0, 0.05) is 19.0 Å². The third-order valence-corrected chi connectivity index (χ3v) is 3.54. The number of amides is 1. The molecular formula is C12H26N2O. The second-order valence-corrected chi connectivity index (χ2v) is 5.99. The molecule has 0 aliphatic heterocycles. The number of nitrogens with one attached hydrogen (secondary N) is 1. The average molecular weight is 214 g/mol. The number of rotatable bonds is 4. The monoisotopic (exact) mass is 214 g/mol. The molecule has 0 spiro atoms. The molecule has 15 heavy (non-hydrogen) atoms. The highest BCUT2D eigenvalue weighted by molar-refractivity contribution is 5.78. The molecule has 0 aromatic rings. The van der Waals surface area contributed by atoms with Crippen molar-refractivity contribution in [2.75, 3.05) is 13.1 Å². The normalized spacial score (nSPS) is 14.9. The molecule has 0 saturated carbocycles. The Morgan fingerprint density at radius 1 is 1.27 bits per heavy atom. The summed E-state index contributed by atoms with van der Waals surface area (Å²) in [6.45, 7) is 13.8. The van der Waals surface area contributed by atoms with Gasteiger partial charge in [-0.3, -0.25) is 4.79 Å².